The van der Waals surface area contributed by atoms with Gasteiger partial charge in [-0.1, -0.05) is 0 Å². The minimum absolute atomic E-state index is 0.418. The molecule has 0 radical (unpaired) electrons. The van der Waals surface area contributed by atoms with E-state index in [0.29, 0.717) is 0 Å². The molecule has 0 heterocycles. The summed E-state index contributed by atoms with van der Waals surface area (Å²) in [5.41, 5.74) is 0. The summed E-state index contributed by atoms with van der Waals surface area (Å²) >= 11 is 0. The monoisotopic (exact) mass is 183 g/mol. The molecule has 0 unspecified atom stereocenters. The van der Waals surface area contributed by atoms with Gasteiger partial charge < -0.3 is 14.2 Å². The Morgan fingerprint density at radius 1 is 1.42 bits per heavy atom. The van der Waals surface area contributed by atoms with E-state index in [1.807, 2.05) is 0 Å². The Hall–Kier alpha value is -0.610. The SMILES string of the molecule is [2H]C([2H])([2H])OC(=O)C1CC(OC([2H])([2H])[2H])(OC([2H])([2H])[2H])C1. The predicted molar refractivity (Wildman–Crippen MR) is 41.5 cm³/mol. The van der Waals surface area contributed by atoms with E-state index in [1.165, 1.54) is 0 Å². The molecule has 0 amide bonds. The van der Waals surface area contributed by atoms with Gasteiger partial charge >= 0.3 is 5.97 Å². The van der Waals surface area contributed by atoms with Gasteiger partial charge in [-0.15, -0.1) is 0 Å². The highest BCUT2D eigenvalue weighted by Crippen LogP contribution is 2.41. The molecule has 1 saturated carbocycles. The molecule has 0 aromatic rings. The molecule has 0 aliphatic heterocycles. The minimum Gasteiger partial charge on any atom is -0.469 e. The first-order valence-electron chi connectivity index (χ1n) is 7.74. The van der Waals surface area contributed by atoms with Crippen LogP contribution in [0.5, 0.6) is 0 Å². The average Bonchev–Trinajstić information content (AvgIpc) is 2.04. The largest absolute Gasteiger partial charge is 0.469 e. The molecule has 0 aromatic heterocycles. The lowest BCUT2D eigenvalue weighted by molar-refractivity contribution is -0.270. The standard InChI is InChI=1S/C8H14O4/c1-10-7(9)6-4-8(5-6,11-2)12-3/h6H,4-5H2,1-3H3/i1D3,2D3,3D3. The van der Waals surface area contributed by atoms with Gasteiger partial charge in [-0.05, 0) is 0 Å². The first kappa shape index (κ1) is 2.96. The minimum atomic E-state index is -2.93. The normalized spacial score (nSPS) is 35.8. The number of ether oxygens (including phenoxy) is 3. The van der Waals surface area contributed by atoms with Crippen molar-refractivity contribution in [1.82, 2.24) is 0 Å². The lowest BCUT2D eigenvalue weighted by Gasteiger charge is -2.43. The molecule has 1 fully saturated rings. The van der Waals surface area contributed by atoms with Gasteiger partial charge in [0.05, 0.1) is 25.3 Å². The Bertz CT molecular complexity index is 372. The summed E-state index contributed by atoms with van der Waals surface area (Å²) in [5.74, 6) is -4.08. The van der Waals surface area contributed by atoms with Gasteiger partial charge in [0.1, 0.15) is 0 Å². The van der Waals surface area contributed by atoms with Crippen molar-refractivity contribution in [3.63, 3.8) is 0 Å². The smallest absolute Gasteiger partial charge is 0.309 e. The van der Waals surface area contributed by atoms with Crippen molar-refractivity contribution in [2.24, 2.45) is 5.92 Å². The van der Waals surface area contributed by atoms with Gasteiger partial charge in [0.25, 0.3) is 0 Å². The third-order valence-corrected chi connectivity index (χ3v) is 1.92. The van der Waals surface area contributed by atoms with Crippen molar-refractivity contribution in [2.45, 2.75) is 18.6 Å². The summed E-state index contributed by atoms with van der Waals surface area (Å²) in [4.78, 5) is 11.5. The Morgan fingerprint density at radius 3 is 2.58 bits per heavy atom. The number of carbonyl (C=O) groups is 1. The number of rotatable bonds is 3. The van der Waals surface area contributed by atoms with Gasteiger partial charge in [-0.2, -0.15) is 0 Å². The van der Waals surface area contributed by atoms with Gasteiger partial charge in [-0.25, -0.2) is 0 Å². The molecule has 70 valence electrons. The third kappa shape index (κ3) is 1.44. The average molecular weight is 183 g/mol. The molecule has 12 heavy (non-hydrogen) atoms. The van der Waals surface area contributed by atoms with Crippen LogP contribution in [0.4, 0.5) is 0 Å². The molecule has 0 N–H and O–H groups in total. The van der Waals surface area contributed by atoms with Crippen molar-refractivity contribution >= 4 is 5.97 Å². The van der Waals surface area contributed by atoms with Crippen molar-refractivity contribution in [2.75, 3.05) is 21.1 Å². The Morgan fingerprint density at radius 2 is 2.08 bits per heavy atom. The highest BCUT2D eigenvalue weighted by Gasteiger charge is 2.49. The molecule has 0 bridgehead atoms. The molecule has 4 nitrogen and oxygen atoms in total. The first-order chi connectivity index (χ1) is 9.11. The lowest BCUT2D eigenvalue weighted by Crippen LogP contribution is -2.50. The van der Waals surface area contributed by atoms with Crippen molar-refractivity contribution in [3.8, 4) is 0 Å². The zero-order chi connectivity index (χ0) is 16.7. The van der Waals surface area contributed by atoms with Crippen LogP contribution in [0.3, 0.4) is 0 Å². The molecule has 4 heteroatoms. The highest BCUT2D eigenvalue weighted by molar-refractivity contribution is 5.73. The number of methoxy groups -OCH3 is 3. The quantitative estimate of drug-likeness (QED) is 0.473. The summed E-state index contributed by atoms with van der Waals surface area (Å²) in [6.07, 6.45) is -0.836. The van der Waals surface area contributed by atoms with Crippen LogP contribution in [-0.2, 0) is 19.0 Å². The van der Waals surface area contributed by atoms with E-state index in [9.17, 15) is 4.79 Å². The topological polar surface area (TPSA) is 44.8 Å². The van der Waals surface area contributed by atoms with E-state index in [2.05, 4.69) is 14.2 Å². The van der Waals surface area contributed by atoms with Crippen LogP contribution in [-0.4, -0.2) is 32.9 Å². The Labute approximate surface area is 84.4 Å². The predicted octanol–water partition coefficient (Wildman–Crippen LogP) is 0.558. The molecule has 1 rings (SSSR count). The maximum atomic E-state index is 11.5. The summed E-state index contributed by atoms with van der Waals surface area (Å²) in [6, 6.07) is 0. The van der Waals surface area contributed by atoms with E-state index in [-0.39, 0.29) is 0 Å². The summed E-state index contributed by atoms with van der Waals surface area (Å²) in [5, 5.41) is 0. The molecule has 1 aliphatic rings. The summed E-state index contributed by atoms with van der Waals surface area (Å²) < 4.78 is 75.7. The molecule has 0 aromatic carbocycles. The number of hydrogen-bond donors (Lipinski definition) is 0. The second-order valence-corrected chi connectivity index (χ2v) is 2.64. The van der Waals surface area contributed by atoms with Crippen molar-refractivity contribution in [3.05, 3.63) is 0 Å². The second kappa shape index (κ2) is 3.41. The Kier molecular flexibility index (Phi) is 0.840. The fraction of sp³-hybridized carbons (Fsp3) is 0.875. The van der Waals surface area contributed by atoms with Crippen LogP contribution in [0.15, 0.2) is 0 Å². The summed E-state index contributed by atoms with van der Waals surface area (Å²) in [7, 11) is -8.78. The van der Waals surface area contributed by atoms with Crippen LogP contribution < -0.4 is 0 Å². The lowest BCUT2D eigenvalue weighted by atomic mass is 9.79. The molecular weight excluding hydrogens is 160 g/mol. The van der Waals surface area contributed by atoms with E-state index < -0.39 is 51.6 Å². The molecule has 0 atom stereocenters. The van der Waals surface area contributed by atoms with Crippen LogP contribution in [0, 0.1) is 5.92 Å². The van der Waals surface area contributed by atoms with E-state index in [1.54, 1.807) is 0 Å². The fourth-order valence-electron chi connectivity index (χ4n) is 1.13. The first-order valence-corrected chi connectivity index (χ1v) is 3.24. The van der Waals surface area contributed by atoms with Crippen LogP contribution in [0.1, 0.15) is 25.2 Å². The van der Waals surface area contributed by atoms with E-state index >= 15 is 0 Å². The van der Waals surface area contributed by atoms with Crippen LogP contribution in [0.25, 0.3) is 0 Å². The Balaban J connectivity index is 2.72. The van der Waals surface area contributed by atoms with Gasteiger partial charge in [-0.3, -0.25) is 4.79 Å². The third-order valence-electron chi connectivity index (χ3n) is 1.92. The van der Waals surface area contributed by atoms with Gasteiger partial charge in [0, 0.05) is 26.9 Å². The highest BCUT2D eigenvalue weighted by atomic mass is 16.7. The summed E-state index contributed by atoms with van der Waals surface area (Å²) in [6.45, 7) is 0. The fourth-order valence-corrected chi connectivity index (χ4v) is 1.13. The number of esters is 1. The van der Waals surface area contributed by atoms with E-state index in [0.717, 1.165) is 0 Å². The zero-order valence-electron chi connectivity index (χ0n) is 15.1. The maximum absolute atomic E-state index is 11.5. The van der Waals surface area contributed by atoms with Crippen molar-refractivity contribution in [1.29, 1.82) is 0 Å². The van der Waals surface area contributed by atoms with Crippen LogP contribution in [0.2, 0.25) is 0 Å². The molecule has 0 spiro atoms. The zero-order valence-corrected chi connectivity index (χ0v) is 6.12. The van der Waals surface area contributed by atoms with Crippen molar-refractivity contribution < 1.29 is 31.3 Å². The maximum Gasteiger partial charge on any atom is 0.309 e. The van der Waals surface area contributed by atoms with Gasteiger partial charge in [0.2, 0.25) is 0 Å². The van der Waals surface area contributed by atoms with Gasteiger partial charge in [0.15, 0.2) is 5.79 Å². The number of hydrogen-bond acceptors (Lipinski definition) is 4. The van der Waals surface area contributed by atoms with E-state index in [4.69, 9.17) is 12.3 Å². The molecular formula is C8H14O4. The molecule has 0 saturated heterocycles. The van der Waals surface area contributed by atoms with Crippen LogP contribution >= 0.6 is 0 Å². The molecule has 1 aliphatic carbocycles. The second-order valence-electron chi connectivity index (χ2n) is 2.64. The number of carbonyl (C=O) groups excluding carboxylic acids is 1.